The van der Waals surface area contributed by atoms with E-state index in [9.17, 15) is 9.59 Å². The minimum atomic E-state index is -0.935. The molecule has 6 nitrogen and oxygen atoms in total. The van der Waals surface area contributed by atoms with Gasteiger partial charge in [-0.05, 0) is 20.3 Å². The Morgan fingerprint density at radius 3 is 2.50 bits per heavy atom. The molecule has 1 saturated carbocycles. The highest BCUT2D eigenvalue weighted by Gasteiger charge is 2.66. The number of carbonyl (C=O) groups excluding carboxylic acids is 2. The van der Waals surface area contributed by atoms with E-state index in [-0.39, 0.29) is 17.9 Å². The van der Waals surface area contributed by atoms with Crippen LogP contribution in [0.25, 0.3) is 0 Å². The summed E-state index contributed by atoms with van der Waals surface area (Å²) in [5.41, 5.74) is -0.935. The fourth-order valence-electron chi connectivity index (χ4n) is 2.58. The highest BCUT2D eigenvalue weighted by Crippen LogP contribution is 2.50. The Morgan fingerprint density at radius 1 is 1.39 bits per heavy atom. The molecule has 1 N–H and O–H groups in total. The van der Waals surface area contributed by atoms with E-state index in [1.807, 2.05) is 13.8 Å². The molecule has 0 unspecified atom stereocenters. The fraction of sp³-hybridized carbons (Fsp3) is 0.833. The standard InChI is InChI=1S/C12H19NO5/c1-7(14)13-12(10(15)16-4)5-8(12)9-6-17-11(2,3)18-9/h8-9H,5-6H2,1-4H3,(H,13,14)/t8-,9+,12-/m1/s1. The Hall–Kier alpha value is -1.14. The van der Waals surface area contributed by atoms with Gasteiger partial charge in [0.15, 0.2) is 5.79 Å². The van der Waals surface area contributed by atoms with Crippen LogP contribution in [0.4, 0.5) is 0 Å². The first-order valence-electron chi connectivity index (χ1n) is 6.00. The first-order chi connectivity index (χ1) is 8.31. The summed E-state index contributed by atoms with van der Waals surface area (Å²) in [5.74, 6) is -1.39. The molecule has 0 aromatic heterocycles. The summed E-state index contributed by atoms with van der Waals surface area (Å²) >= 11 is 0. The van der Waals surface area contributed by atoms with Crippen molar-refractivity contribution in [1.29, 1.82) is 0 Å². The average molecular weight is 257 g/mol. The number of rotatable bonds is 3. The van der Waals surface area contributed by atoms with Gasteiger partial charge >= 0.3 is 5.97 Å². The van der Waals surface area contributed by atoms with Gasteiger partial charge in [-0.25, -0.2) is 4.79 Å². The SMILES string of the molecule is COC(=O)[C@@]1(NC(C)=O)C[C@@H]1[C@@H]1COC(C)(C)O1. The maximum absolute atomic E-state index is 11.8. The predicted molar refractivity (Wildman–Crippen MR) is 61.6 cm³/mol. The molecule has 0 bridgehead atoms. The Kier molecular flexibility index (Phi) is 3.11. The molecule has 3 atom stereocenters. The molecule has 1 aliphatic carbocycles. The van der Waals surface area contributed by atoms with Gasteiger partial charge in [0.1, 0.15) is 5.54 Å². The van der Waals surface area contributed by atoms with Crippen LogP contribution in [0, 0.1) is 5.92 Å². The molecule has 1 aliphatic heterocycles. The van der Waals surface area contributed by atoms with Crippen molar-refractivity contribution in [2.75, 3.05) is 13.7 Å². The van der Waals surface area contributed by atoms with Gasteiger partial charge in [-0.3, -0.25) is 4.79 Å². The second-order valence-corrected chi connectivity index (χ2v) is 5.32. The van der Waals surface area contributed by atoms with Gasteiger partial charge in [0.05, 0.1) is 19.8 Å². The largest absolute Gasteiger partial charge is 0.467 e. The van der Waals surface area contributed by atoms with Gasteiger partial charge < -0.3 is 19.5 Å². The van der Waals surface area contributed by atoms with Gasteiger partial charge in [0, 0.05) is 12.8 Å². The number of hydrogen-bond donors (Lipinski definition) is 1. The molecular formula is C12H19NO5. The molecule has 6 heteroatoms. The van der Waals surface area contributed by atoms with E-state index in [1.165, 1.54) is 14.0 Å². The number of ether oxygens (including phenoxy) is 3. The van der Waals surface area contributed by atoms with Crippen molar-refractivity contribution in [2.24, 2.45) is 5.92 Å². The summed E-state index contributed by atoms with van der Waals surface area (Å²) in [4.78, 5) is 23.0. The molecular weight excluding hydrogens is 238 g/mol. The van der Waals surface area contributed by atoms with Gasteiger partial charge in [-0.2, -0.15) is 0 Å². The molecule has 1 amide bonds. The molecule has 0 radical (unpaired) electrons. The van der Waals surface area contributed by atoms with Crippen LogP contribution in [0.1, 0.15) is 27.2 Å². The van der Waals surface area contributed by atoms with Crippen LogP contribution < -0.4 is 5.32 Å². The highest BCUT2D eigenvalue weighted by molar-refractivity contribution is 5.90. The first-order valence-corrected chi connectivity index (χ1v) is 6.00. The first kappa shape index (κ1) is 13.3. The predicted octanol–water partition coefficient (Wildman–Crippen LogP) is 0.206. The lowest BCUT2D eigenvalue weighted by Gasteiger charge is -2.20. The van der Waals surface area contributed by atoms with Crippen molar-refractivity contribution < 1.29 is 23.8 Å². The van der Waals surface area contributed by atoms with E-state index in [0.29, 0.717) is 13.0 Å². The van der Waals surface area contributed by atoms with Crippen LogP contribution in [-0.2, 0) is 23.8 Å². The molecule has 2 rings (SSSR count). The Balaban J connectivity index is 2.08. The van der Waals surface area contributed by atoms with Gasteiger partial charge in [-0.1, -0.05) is 0 Å². The summed E-state index contributed by atoms with van der Waals surface area (Å²) in [6.07, 6.45) is 0.342. The second kappa shape index (κ2) is 4.20. The molecule has 0 spiro atoms. The molecule has 2 aliphatic rings. The topological polar surface area (TPSA) is 73.9 Å². The van der Waals surface area contributed by atoms with Crippen molar-refractivity contribution in [2.45, 2.75) is 44.6 Å². The molecule has 1 saturated heterocycles. The van der Waals surface area contributed by atoms with Crippen molar-refractivity contribution in [3.05, 3.63) is 0 Å². The highest BCUT2D eigenvalue weighted by atomic mass is 16.7. The van der Waals surface area contributed by atoms with E-state index in [4.69, 9.17) is 14.2 Å². The van der Waals surface area contributed by atoms with Crippen LogP contribution >= 0.6 is 0 Å². The van der Waals surface area contributed by atoms with Crippen LogP contribution in [0.15, 0.2) is 0 Å². The van der Waals surface area contributed by atoms with E-state index >= 15 is 0 Å². The zero-order chi connectivity index (χ0) is 13.6. The summed E-state index contributed by atoms with van der Waals surface area (Å²) in [5, 5.41) is 2.69. The number of nitrogens with one attached hydrogen (secondary N) is 1. The summed E-state index contributed by atoms with van der Waals surface area (Å²) in [6, 6.07) is 0. The summed E-state index contributed by atoms with van der Waals surface area (Å²) < 4.78 is 16.0. The number of hydrogen-bond acceptors (Lipinski definition) is 5. The van der Waals surface area contributed by atoms with Crippen LogP contribution in [-0.4, -0.2) is 43.0 Å². The van der Waals surface area contributed by atoms with E-state index in [2.05, 4.69) is 5.32 Å². The van der Waals surface area contributed by atoms with E-state index < -0.39 is 17.3 Å². The van der Waals surface area contributed by atoms with E-state index in [1.54, 1.807) is 0 Å². The molecule has 18 heavy (non-hydrogen) atoms. The van der Waals surface area contributed by atoms with Crippen molar-refractivity contribution in [3.63, 3.8) is 0 Å². The zero-order valence-corrected chi connectivity index (χ0v) is 11.1. The smallest absolute Gasteiger partial charge is 0.331 e. The third kappa shape index (κ3) is 2.22. The van der Waals surface area contributed by atoms with Crippen molar-refractivity contribution in [3.8, 4) is 0 Å². The van der Waals surface area contributed by atoms with Gasteiger partial charge in [0.2, 0.25) is 5.91 Å². The maximum atomic E-state index is 11.8. The Labute approximate surface area is 106 Å². The lowest BCUT2D eigenvalue weighted by Crippen LogP contribution is -2.46. The third-order valence-corrected chi connectivity index (χ3v) is 3.44. The lowest BCUT2D eigenvalue weighted by atomic mass is 10.1. The Bertz CT molecular complexity index is 381. The van der Waals surface area contributed by atoms with E-state index in [0.717, 1.165) is 0 Å². The number of esters is 1. The van der Waals surface area contributed by atoms with Crippen LogP contribution in [0.2, 0.25) is 0 Å². The Morgan fingerprint density at radius 2 is 2.06 bits per heavy atom. The van der Waals surface area contributed by atoms with Crippen molar-refractivity contribution in [1.82, 2.24) is 5.32 Å². The third-order valence-electron chi connectivity index (χ3n) is 3.44. The number of methoxy groups -OCH3 is 1. The van der Waals surface area contributed by atoms with Crippen LogP contribution in [0.5, 0.6) is 0 Å². The van der Waals surface area contributed by atoms with Gasteiger partial charge in [0.25, 0.3) is 0 Å². The minimum absolute atomic E-state index is 0.0874. The molecule has 2 fully saturated rings. The minimum Gasteiger partial charge on any atom is -0.467 e. The number of amides is 1. The lowest BCUT2D eigenvalue weighted by molar-refractivity contribution is -0.151. The normalized spacial score (nSPS) is 37.1. The average Bonchev–Trinajstić information content (AvgIpc) is 2.86. The van der Waals surface area contributed by atoms with Gasteiger partial charge in [-0.15, -0.1) is 0 Å². The summed E-state index contributed by atoms with van der Waals surface area (Å²) in [6.45, 7) is 5.47. The maximum Gasteiger partial charge on any atom is 0.331 e. The fourth-order valence-corrected chi connectivity index (χ4v) is 2.58. The van der Waals surface area contributed by atoms with Crippen LogP contribution in [0.3, 0.4) is 0 Å². The molecule has 102 valence electrons. The molecule has 0 aromatic carbocycles. The zero-order valence-electron chi connectivity index (χ0n) is 11.1. The number of carbonyl (C=O) groups is 2. The molecule has 0 aromatic rings. The quantitative estimate of drug-likeness (QED) is 0.731. The second-order valence-electron chi connectivity index (χ2n) is 5.32. The van der Waals surface area contributed by atoms with Crippen molar-refractivity contribution >= 4 is 11.9 Å². The molecule has 1 heterocycles. The summed E-state index contributed by atoms with van der Waals surface area (Å²) in [7, 11) is 1.32. The monoisotopic (exact) mass is 257 g/mol.